The Morgan fingerprint density at radius 1 is 1.27 bits per heavy atom. The van der Waals surface area contributed by atoms with Crippen LogP contribution in [-0.2, 0) is 6.42 Å². The van der Waals surface area contributed by atoms with Gasteiger partial charge in [-0.15, -0.1) is 0 Å². The van der Waals surface area contributed by atoms with Gasteiger partial charge < -0.3 is 15.2 Å². The Hall–Kier alpha value is -2.07. The van der Waals surface area contributed by atoms with E-state index in [2.05, 4.69) is 0 Å². The van der Waals surface area contributed by atoms with Crippen molar-refractivity contribution in [1.82, 2.24) is 0 Å². The summed E-state index contributed by atoms with van der Waals surface area (Å²) in [5, 5.41) is 0. The van der Waals surface area contributed by atoms with Gasteiger partial charge in [-0.3, -0.25) is 0 Å². The summed E-state index contributed by atoms with van der Waals surface area (Å²) in [6, 6.07) is 8.88. The van der Waals surface area contributed by atoms with Crippen molar-refractivity contribution in [1.29, 1.82) is 0 Å². The lowest BCUT2D eigenvalue weighted by atomic mass is 9.96. The highest BCUT2D eigenvalue weighted by Gasteiger charge is 2.27. The maximum absolute atomic E-state index is 14.0. The minimum Gasteiger partial charge on any atom is -0.497 e. The SMILES string of the molecule is COc1ccc(C)c(-c2cc(F)cc3c2OC(CCN)C3)c1. The number of hydrogen-bond acceptors (Lipinski definition) is 3. The first-order valence-corrected chi connectivity index (χ1v) is 7.46. The highest BCUT2D eigenvalue weighted by Crippen LogP contribution is 2.42. The van der Waals surface area contributed by atoms with Crippen LogP contribution in [-0.4, -0.2) is 19.8 Å². The largest absolute Gasteiger partial charge is 0.497 e. The van der Waals surface area contributed by atoms with Crippen molar-refractivity contribution in [3.63, 3.8) is 0 Å². The summed E-state index contributed by atoms with van der Waals surface area (Å²) in [6.45, 7) is 2.56. The van der Waals surface area contributed by atoms with Crippen molar-refractivity contribution in [2.45, 2.75) is 25.9 Å². The first kappa shape index (κ1) is 14.9. The van der Waals surface area contributed by atoms with Crippen LogP contribution in [0.3, 0.4) is 0 Å². The van der Waals surface area contributed by atoms with Gasteiger partial charge in [0.2, 0.25) is 0 Å². The molecule has 2 aromatic rings. The van der Waals surface area contributed by atoms with Crippen LogP contribution in [0.15, 0.2) is 30.3 Å². The molecule has 1 atom stereocenters. The minimum absolute atomic E-state index is 0.0338. The van der Waals surface area contributed by atoms with Gasteiger partial charge in [-0.25, -0.2) is 4.39 Å². The molecule has 0 radical (unpaired) electrons. The Morgan fingerprint density at radius 3 is 2.82 bits per heavy atom. The normalized spacial score (nSPS) is 16.3. The van der Waals surface area contributed by atoms with Gasteiger partial charge in [0.25, 0.3) is 0 Å². The molecule has 0 fully saturated rings. The second-order valence-corrected chi connectivity index (χ2v) is 5.64. The second kappa shape index (κ2) is 5.97. The number of fused-ring (bicyclic) bond motifs is 1. The molecule has 0 saturated heterocycles. The smallest absolute Gasteiger partial charge is 0.131 e. The van der Waals surface area contributed by atoms with Crippen LogP contribution in [0.2, 0.25) is 0 Å². The predicted octanol–water partition coefficient (Wildman–Crippen LogP) is 3.46. The molecule has 0 saturated carbocycles. The van der Waals surface area contributed by atoms with E-state index in [9.17, 15) is 4.39 Å². The Balaban J connectivity index is 2.10. The maximum atomic E-state index is 14.0. The van der Waals surface area contributed by atoms with E-state index in [1.54, 1.807) is 13.2 Å². The first-order valence-electron chi connectivity index (χ1n) is 7.46. The average molecular weight is 301 g/mol. The van der Waals surface area contributed by atoms with E-state index in [1.807, 2.05) is 25.1 Å². The fourth-order valence-electron chi connectivity index (χ4n) is 2.96. The van der Waals surface area contributed by atoms with Crippen LogP contribution in [0.25, 0.3) is 11.1 Å². The zero-order valence-electron chi connectivity index (χ0n) is 12.9. The molecule has 1 heterocycles. The highest BCUT2D eigenvalue weighted by atomic mass is 19.1. The van der Waals surface area contributed by atoms with E-state index >= 15 is 0 Å². The van der Waals surface area contributed by atoms with Crippen molar-refractivity contribution in [2.75, 3.05) is 13.7 Å². The summed E-state index contributed by atoms with van der Waals surface area (Å²) in [6.07, 6.45) is 1.51. The molecule has 3 rings (SSSR count). The van der Waals surface area contributed by atoms with Crippen molar-refractivity contribution < 1.29 is 13.9 Å². The van der Waals surface area contributed by atoms with Crippen LogP contribution in [0, 0.1) is 12.7 Å². The van der Waals surface area contributed by atoms with E-state index < -0.39 is 0 Å². The van der Waals surface area contributed by atoms with Crippen molar-refractivity contribution in [3.05, 3.63) is 47.3 Å². The lowest BCUT2D eigenvalue weighted by molar-refractivity contribution is 0.225. The zero-order chi connectivity index (χ0) is 15.7. The molecule has 0 bridgehead atoms. The van der Waals surface area contributed by atoms with Gasteiger partial charge in [0.1, 0.15) is 23.4 Å². The molecule has 1 unspecified atom stereocenters. The number of nitrogens with two attached hydrogens (primary N) is 1. The lowest BCUT2D eigenvalue weighted by Crippen LogP contribution is -2.17. The van der Waals surface area contributed by atoms with E-state index in [-0.39, 0.29) is 11.9 Å². The molecule has 2 N–H and O–H groups in total. The summed E-state index contributed by atoms with van der Waals surface area (Å²) in [4.78, 5) is 0. The molecular formula is C18H20FNO2. The Labute approximate surface area is 129 Å². The molecule has 0 amide bonds. The van der Waals surface area contributed by atoms with E-state index in [4.69, 9.17) is 15.2 Å². The fraction of sp³-hybridized carbons (Fsp3) is 0.333. The summed E-state index contributed by atoms with van der Waals surface area (Å²) in [5.74, 6) is 1.28. The Morgan fingerprint density at radius 2 is 2.09 bits per heavy atom. The molecule has 1 aliphatic rings. The first-order chi connectivity index (χ1) is 10.6. The van der Waals surface area contributed by atoms with Crippen LogP contribution in [0.1, 0.15) is 17.5 Å². The molecule has 22 heavy (non-hydrogen) atoms. The van der Waals surface area contributed by atoms with Crippen LogP contribution in [0.5, 0.6) is 11.5 Å². The fourth-order valence-corrected chi connectivity index (χ4v) is 2.96. The summed E-state index contributed by atoms with van der Waals surface area (Å²) < 4.78 is 25.3. The predicted molar refractivity (Wildman–Crippen MR) is 84.9 cm³/mol. The average Bonchev–Trinajstić information content (AvgIpc) is 2.89. The zero-order valence-corrected chi connectivity index (χ0v) is 12.9. The van der Waals surface area contributed by atoms with Gasteiger partial charge in [0.05, 0.1) is 7.11 Å². The third kappa shape index (κ3) is 2.66. The number of aryl methyl sites for hydroxylation is 1. The Bertz CT molecular complexity index is 700. The summed E-state index contributed by atoms with van der Waals surface area (Å²) >= 11 is 0. The molecule has 0 aromatic heterocycles. The second-order valence-electron chi connectivity index (χ2n) is 5.64. The van der Waals surface area contributed by atoms with E-state index in [0.717, 1.165) is 40.2 Å². The number of ether oxygens (including phenoxy) is 2. The standard InChI is InChI=1S/C18H20FNO2/c1-11-3-4-14(21-2)10-16(11)17-9-13(19)7-12-8-15(5-6-20)22-18(12)17/h3-4,7,9-10,15H,5-6,8,20H2,1-2H3. The van der Waals surface area contributed by atoms with Gasteiger partial charge >= 0.3 is 0 Å². The molecular weight excluding hydrogens is 281 g/mol. The topological polar surface area (TPSA) is 44.5 Å². The van der Waals surface area contributed by atoms with E-state index in [0.29, 0.717) is 13.0 Å². The Kier molecular flexibility index (Phi) is 4.03. The maximum Gasteiger partial charge on any atom is 0.131 e. The minimum atomic E-state index is -0.243. The van der Waals surface area contributed by atoms with Crippen molar-refractivity contribution >= 4 is 0 Å². The lowest BCUT2D eigenvalue weighted by Gasteiger charge is -2.14. The number of rotatable bonds is 4. The highest BCUT2D eigenvalue weighted by molar-refractivity contribution is 5.76. The molecule has 116 valence electrons. The third-order valence-corrected chi connectivity index (χ3v) is 4.09. The quantitative estimate of drug-likeness (QED) is 0.940. The van der Waals surface area contributed by atoms with Crippen LogP contribution < -0.4 is 15.2 Å². The van der Waals surface area contributed by atoms with Gasteiger partial charge in [-0.1, -0.05) is 6.07 Å². The number of halogens is 1. The molecule has 4 heteroatoms. The summed E-state index contributed by atoms with van der Waals surface area (Å²) in [5.41, 5.74) is 9.30. The molecule has 3 nitrogen and oxygen atoms in total. The van der Waals surface area contributed by atoms with Crippen molar-refractivity contribution in [3.8, 4) is 22.6 Å². The van der Waals surface area contributed by atoms with Crippen LogP contribution >= 0.6 is 0 Å². The number of benzene rings is 2. The molecule has 0 spiro atoms. The van der Waals surface area contributed by atoms with E-state index in [1.165, 1.54) is 6.07 Å². The van der Waals surface area contributed by atoms with Gasteiger partial charge in [0.15, 0.2) is 0 Å². The van der Waals surface area contributed by atoms with Crippen molar-refractivity contribution in [2.24, 2.45) is 5.73 Å². The van der Waals surface area contributed by atoms with Gasteiger partial charge in [-0.05, 0) is 55.3 Å². The molecule has 2 aromatic carbocycles. The number of methoxy groups -OCH3 is 1. The van der Waals surface area contributed by atoms with Crippen LogP contribution in [0.4, 0.5) is 4.39 Å². The monoisotopic (exact) mass is 301 g/mol. The number of hydrogen-bond donors (Lipinski definition) is 1. The molecule has 1 aliphatic heterocycles. The van der Waals surface area contributed by atoms with Gasteiger partial charge in [-0.2, -0.15) is 0 Å². The molecule has 0 aliphatic carbocycles. The third-order valence-electron chi connectivity index (χ3n) is 4.09. The summed E-state index contributed by atoms with van der Waals surface area (Å²) in [7, 11) is 1.62. The van der Waals surface area contributed by atoms with Gasteiger partial charge in [0, 0.05) is 17.5 Å².